The van der Waals surface area contributed by atoms with E-state index >= 15 is 0 Å². The van der Waals surface area contributed by atoms with Crippen LogP contribution in [0.2, 0.25) is 5.02 Å². The second-order valence-corrected chi connectivity index (χ2v) is 6.34. The predicted octanol–water partition coefficient (Wildman–Crippen LogP) is 3.17. The SMILES string of the molecule is Cc1ccc(F)c(NS(=O)(=O)c2cc(N)ccc2Cl)c1. The van der Waals surface area contributed by atoms with Crippen molar-refractivity contribution in [3.8, 4) is 0 Å². The van der Waals surface area contributed by atoms with Crippen LogP contribution in [0.4, 0.5) is 15.8 Å². The van der Waals surface area contributed by atoms with Crippen LogP contribution in [0.5, 0.6) is 0 Å². The van der Waals surface area contributed by atoms with Crippen molar-refractivity contribution < 1.29 is 12.8 Å². The molecule has 0 amide bonds. The zero-order valence-electron chi connectivity index (χ0n) is 10.5. The van der Waals surface area contributed by atoms with E-state index in [9.17, 15) is 12.8 Å². The van der Waals surface area contributed by atoms with Crippen LogP contribution >= 0.6 is 11.6 Å². The van der Waals surface area contributed by atoms with Crippen LogP contribution in [0.15, 0.2) is 41.3 Å². The Bertz CT molecular complexity index is 763. The average Bonchev–Trinajstić information content (AvgIpc) is 2.36. The number of nitrogens with one attached hydrogen (secondary N) is 1. The van der Waals surface area contributed by atoms with Crippen molar-refractivity contribution in [3.05, 3.63) is 52.8 Å². The first kappa shape index (κ1) is 14.6. The second kappa shape index (κ2) is 5.30. The van der Waals surface area contributed by atoms with Crippen LogP contribution < -0.4 is 10.5 Å². The highest BCUT2D eigenvalue weighted by atomic mass is 35.5. The lowest BCUT2D eigenvalue weighted by atomic mass is 10.2. The van der Waals surface area contributed by atoms with Gasteiger partial charge in [0, 0.05) is 5.69 Å². The van der Waals surface area contributed by atoms with Gasteiger partial charge in [0.15, 0.2) is 0 Å². The highest BCUT2D eigenvalue weighted by Gasteiger charge is 2.20. The van der Waals surface area contributed by atoms with E-state index in [0.29, 0.717) is 0 Å². The third-order valence-electron chi connectivity index (χ3n) is 2.61. The van der Waals surface area contributed by atoms with Crippen LogP contribution in [0.1, 0.15) is 5.56 Å². The van der Waals surface area contributed by atoms with Crippen molar-refractivity contribution in [1.29, 1.82) is 0 Å². The Morgan fingerprint density at radius 2 is 1.90 bits per heavy atom. The lowest BCUT2D eigenvalue weighted by molar-refractivity contribution is 0.598. The number of rotatable bonds is 3. The van der Waals surface area contributed by atoms with E-state index in [0.717, 1.165) is 5.56 Å². The van der Waals surface area contributed by atoms with E-state index in [-0.39, 0.29) is 21.3 Å². The van der Waals surface area contributed by atoms with Crippen LogP contribution in [-0.4, -0.2) is 8.42 Å². The molecule has 2 aromatic carbocycles. The maximum atomic E-state index is 13.6. The standard InChI is InChI=1S/C13H12ClFN2O2S/c1-8-2-5-11(15)12(6-8)17-20(18,19)13-7-9(16)3-4-10(13)14/h2-7,17H,16H2,1H3. The highest BCUT2D eigenvalue weighted by molar-refractivity contribution is 7.92. The minimum atomic E-state index is -4.01. The minimum absolute atomic E-state index is 0.0137. The molecule has 0 radical (unpaired) electrons. The molecule has 0 atom stereocenters. The predicted molar refractivity (Wildman–Crippen MR) is 77.8 cm³/mol. The lowest BCUT2D eigenvalue weighted by Crippen LogP contribution is -2.15. The molecule has 7 heteroatoms. The molecule has 0 bridgehead atoms. The lowest BCUT2D eigenvalue weighted by Gasteiger charge is -2.11. The number of aryl methyl sites for hydroxylation is 1. The molecule has 0 aliphatic rings. The molecule has 0 aliphatic carbocycles. The van der Waals surface area contributed by atoms with E-state index in [4.69, 9.17) is 17.3 Å². The molecule has 20 heavy (non-hydrogen) atoms. The highest BCUT2D eigenvalue weighted by Crippen LogP contribution is 2.27. The summed E-state index contributed by atoms with van der Waals surface area (Å²) >= 11 is 5.85. The van der Waals surface area contributed by atoms with Gasteiger partial charge in [-0.3, -0.25) is 4.72 Å². The van der Waals surface area contributed by atoms with Crippen molar-refractivity contribution in [1.82, 2.24) is 0 Å². The molecule has 106 valence electrons. The number of hydrogen-bond donors (Lipinski definition) is 2. The van der Waals surface area contributed by atoms with Gasteiger partial charge < -0.3 is 5.73 Å². The molecule has 0 heterocycles. The van der Waals surface area contributed by atoms with Gasteiger partial charge in [-0.2, -0.15) is 0 Å². The minimum Gasteiger partial charge on any atom is -0.399 e. The molecule has 4 nitrogen and oxygen atoms in total. The monoisotopic (exact) mass is 314 g/mol. The number of benzene rings is 2. The van der Waals surface area contributed by atoms with Gasteiger partial charge in [0.2, 0.25) is 0 Å². The van der Waals surface area contributed by atoms with E-state index in [1.54, 1.807) is 13.0 Å². The number of hydrogen-bond acceptors (Lipinski definition) is 3. The van der Waals surface area contributed by atoms with Crippen LogP contribution in [-0.2, 0) is 10.0 Å². The first-order chi connectivity index (χ1) is 9.29. The fourth-order valence-electron chi connectivity index (χ4n) is 1.64. The largest absolute Gasteiger partial charge is 0.399 e. The summed E-state index contributed by atoms with van der Waals surface area (Å²) in [6.07, 6.45) is 0. The van der Waals surface area contributed by atoms with E-state index in [1.165, 1.54) is 30.3 Å². The van der Waals surface area contributed by atoms with Crippen LogP contribution in [0.25, 0.3) is 0 Å². The number of anilines is 2. The van der Waals surface area contributed by atoms with Crippen molar-refractivity contribution in [2.75, 3.05) is 10.5 Å². The Labute approximate surface area is 121 Å². The molecule has 0 unspecified atom stereocenters. The third-order valence-corrected chi connectivity index (χ3v) is 4.46. The number of halogens is 2. The van der Waals surface area contributed by atoms with Crippen LogP contribution in [0.3, 0.4) is 0 Å². The second-order valence-electron chi connectivity index (χ2n) is 4.28. The molecular weight excluding hydrogens is 303 g/mol. The van der Waals surface area contributed by atoms with Gasteiger partial charge in [-0.1, -0.05) is 17.7 Å². The van der Waals surface area contributed by atoms with Crippen molar-refractivity contribution in [2.45, 2.75) is 11.8 Å². The van der Waals surface area contributed by atoms with E-state index in [1.807, 2.05) is 0 Å². The van der Waals surface area contributed by atoms with Crippen molar-refractivity contribution in [2.24, 2.45) is 0 Å². The van der Waals surface area contributed by atoms with Gasteiger partial charge in [0.1, 0.15) is 10.7 Å². The molecule has 0 saturated carbocycles. The summed E-state index contributed by atoms with van der Waals surface area (Å²) in [4.78, 5) is -0.194. The molecule has 0 aliphatic heterocycles. The fraction of sp³-hybridized carbons (Fsp3) is 0.0769. The Morgan fingerprint density at radius 3 is 2.60 bits per heavy atom. The smallest absolute Gasteiger partial charge is 0.263 e. The number of nitrogens with two attached hydrogens (primary N) is 1. The van der Waals surface area contributed by atoms with E-state index < -0.39 is 15.8 Å². The summed E-state index contributed by atoms with van der Waals surface area (Å²) in [6, 6.07) is 8.20. The zero-order chi connectivity index (χ0) is 14.9. The first-order valence-electron chi connectivity index (χ1n) is 5.63. The number of nitrogen functional groups attached to an aromatic ring is 1. The molecule has 0 saturated heterocycles. The summed E-state index contributed by atoms with van der Waals surface area (Å²) in [5.41, 5.74) is 6.39. The summed E-state index contributed by atoms with van der Waals surface area (Å²) in [5, 5.41) is 0.0137. The maximum absolute atomic E-state index is 13.6. The van der Waals surface area contributed by atoms with Crippen molar-refractivity contribution >= 4 is 33.0 Å². The van der Waals surface area contributed by atoms with Crippen molar-refractivity contribution in [3.63, 3.8) is 0 Å². The van der Waals surface area contributed by atoms with E-state index in [2.05, 4.69) is 4.72 Å². The van der Waals surface area contributed by atoms with Crippen LogP contribution in [0, 0.1) is 12.7 Å². The molecule has 3 N–H and O–H groups in total. The summed E-state index contributed by atoms with van der Waals surface area (Å²) in [7, 11) is -4.01. The molecule has 0 spiro atoms. The molecular formula is C13H12ClFN2O2S. The van der Waals surface area contributed by atoms with Gasteiger partial charge >= 0.3 is 0 Å². The van der Waals surface area contributed by atoms with Gasteiger partial charge in [-0.25, -0.2) is 12.8 Å². The summed E-state index contributed by atoms with van der Waals surface area (Å²) in [6.45, 7) is 1.73. The molecule has 0 fully saturated rings. The average molecular weight is 315 g/mol. The van der Waals surface area contributed by atoms with Gasteiger partial charge in [-0.05, 0) is 42.8 Å². The zero-order valence-corrected chi connectivity index (χ0v) is 12.1. The topological polar surface area (TPSA) is 72.2 Å². The maximum Gasteiger partial charge on any atom is 0.263 e. The van der Waals surface area contributed by atoms with Gasteiger partial charge in [-0.15, -0.1) is 0 Å². The number of sulfonamides is 1. The fourth-order valence-corrected chi connectivity index (χ4v) is 3.24. The quantitative estimate of drug-likeness (QED) is 0.855. The Morgan fingerprint density at radius 1 is 1.20 bits per heavy atom. The Hall–Kier alpha value is -1.79. The van der Waals surface area contributed by atoms with Gasteiger partial charge in [0.05, 0.1) is 10.7 Å². The molecule has 2 rings (SSSR count). The third kappa shape index (κ3) is 3.02. The van der Waals surface area contributed by atoms with Gasteiger partial charge in [0.25, 0.3) is 10.0 Å². The normalized spacial score (nSPS) is 11.3. The summed E-state index contributed by atoms with van der Waals surface area (Å²) in [5.74, 6) is -0.667. The molecule has 0 aromatic heterocycles. The first-order valence-corrected chi connectivity index (χ1v) is 7.50. The molecule has 2 aromatic rings. The Kier molecular flexibility index (Phi) is 3.87. The summed E-state index contributed by atoms with van der Waals surface area (Å²) < 4.78 is 40.2. The Balaban J connectivity index is 2.46.